The fourth-order valence-electron chi connectivity index (χ4n) is 2.44. The van der Waals surface area contributed by atoms with E-state index in [0.717, 1.165) is 12.5 Å². The standard InChI is InChI=1S/C9H15IO/c10-7-8-2-4-9(6-8)3-1-5-11-9/h8H,1-7H2. The van der Waals surface area contributed by atoms with Crippen LogP contribution in [0.25, 0.3) is 0 Å². The monoisotopic (exact) mass is 266 g/mol. The van der Waals surface area contributed by atoms with E-state index in [1.807, 2.05) is 0 Å². The molecule has 2 aliphatic rings. The minimum atomic E-state index is 0.357. The number of hydrogen-bond donors (Lipinski definition) is 0. The van der Waals surface area contributed by atoms with Crippen molar-refractivity contribution in [2.24, 2.45) is 5.92 Å². The van der Waals surface area contributed by atoms with Crippen molar-refractivity contribution in [2.75, 3.05) is 11.0 Å². The fourth-order valence-corrected chi connectivity index (χ4v) is 3.19. The van der Waals surface area contributed by atoms with Gasteiger partial charge in [-0.05, 0) is 38.0 Å². The predicted octanol–water partition coefficient (Wildman–Crippen LogP) is 2.77. The molecule has 1 nitrogen and oxygen atoms in total. The summed E-state index contributed by atoms with van der Waals surface area (Å²) in [6.45, 7) is 1.02. The average molecular weight is 266 g/mol. The Morgan fingerprint density at radius 1 is 1.45 bits per heavy atom. The molecule has 0 aromatic carbocycles. The third kappa shape index (κ3) is 1.57. The first-order chi connectivity index (χ1) is 5.35. The van der Waals surface area contributed by atoms with Gasteiger partial charge in [0.15, 0.2) is 0 Å². The fraction of sp³-hybridized carbons (Fsp3) is 1.00. The molecule has 1 aliphatic heterocycles. The van der Waals surface area contributed by atoms with E-state index < -0.39 is 0 Å². The van der Waals surface area contributed by atoms with Gasteiger partial charge in [-0.3, -0.25) is 0 Å². The van der Waals surface area contributed by atoms with Crippen LogP contribution in [-0.2, 0) is 4.74 Å². The van der Waals surface area contributed by atoms with Crippen LogP contribution in [-0.4, -0.2) is 16.6 Å². The quantitative estimate of drug-likeness (QED) is 0.524. The second-order valence-electron chi connectivity index (χ2n) is 3.90. The molecule has 0 aromatic rings. The molecule has 1 aliphatic carbocycles. The van der Waals surface area contributed by atoms with Crippen LogP contribution >= 0.6 is 22.6 Å². The lowest BCUT2D eigenvalue weighted by molar-refractivity contribution is 0.00797. The van der Waals surface area contributed by atoms with Gasteiger partial charge < -0.3 is 4.74 Å². The molecule has 1 spiro atoms. The van der Waals surface area contributed by atoms with Gasteiger partial charge in [0.05, 0.1) is 5.60 Å². The van der Waals surface area contributed by atoms with Crippen LogP contribution in [0.2, 0.25) is 0 Å². The molecule has 0 N–H and O–H groups in total. The molecule has 1 saturated heterocycles. The van der Waals surface area contributed by atoms with Crippen molar-refractivity contribution in [3.8, 4) is 0 Å². The molecule has 0 amide bonds. The van der Waals surface area contributed by atoms with E-state index in [1.165, 1.54) is 36.5 Å². The highest BCUT2D eigenvalue weighted by Crippen LogP contribution is 2.44. The third-order valence-corrected chi connectivity index (χ3v) is 4.32. The largest absolute Gasteiger partial charge is 0.375 e. The Bertz CT molecular complexity index is 140. The first kappa shape index (κ1) is 8.30. The smallest absolute Gasteiger partial charge is 0.0686 e. The molecule has 2 unspecified atom stereocenters. The van der Waals surface area contributed by atoms with E-state index in [4.69, 9.17) is 4.74 Å². The first-order valence-corrected chi connectivity index (χ1v) is 6.07. The van der Waals surface area contributed by atoms with Gasteiger partial charge in [-0.2, -0.15) is 0 Å². The molecule has 1 heterocycles. The molecule has 2 fully saturated rings. The van der Waals surface area contributed by atoms with Crippen LogP contribution in [0.1, 0.15) is 32.1 Å². The molecule has 64 valence electrons. The molecule has 0 aromatic heterocycles. The van der Waals surface area contributed by atoms with E-state index in [2.05, 4.69) is 22.6 Å². The lowest BCUT2D eigenvalue weighted by Crippen LogP contribution is -2.23. The van der Waals surface area contributed by atoms with Crippen LogP contribution < -0.4 is 0 Å². The second kappa shape index (κ2) is 3.21. The van der Waals surface area contributed by atoms with Crippen LogP contribution in [0.15, 0.2) is 0 Å². The number of rotatable bonds is 1. The van der Waals surface area contributed by atoms with Crippen LogP contribution in [0.3, 0.4) is 0 Å². The lowest BCUT2D eigenvalue weighted by atomic mass is 9.97. The summed E-state index contributed by atoms with van der Waals surface area (Å²) in [6, 6.07) is 0. The van der Waals surface area contributed by atoms with E-state index in [1.54, 1.807) is 0 Å². The van der Waals surface area contributed by atoms with E-state index >= 15 is 0 Å². The molecular formula is C9H15IO. The molecule has 2 heteroatoms. The van der Waals surface area contributed by atoms with Gasteiger partial charge in [0.2, 0.25) is 0 Å². The van der Waals surface area contributed by atoms with Crippen LogP contribution in [0.5, 0.6) is 0 Å². The average Bonchev–Trinajstić information content (AvgIpc) is 2.62. The maximum atomic E-state index is 5.83. The normalized spacial score (nSPS) is 43.9. The van der Waals surface area contributed by atoms with Crippen LogP contribution in [0.4, 0.5) is 0 Å². The van der Waals surface area contributed by atoms with Crippen molar-refractivity contribution in [3.63, 3.8) is 0 Å². The van der Waals surface area contributed by atoms with Crippen molar-refractivity contribution in [1.82, 2.24) is 0 Å². The Labute approximate surface area is 82.0 Å². The van der Waals surface area contributed by atoms with Crippen LogP contribution in [0, 0.1) is 5.92 Å². The minimum Gasteiger partial charge on any atom is -0.375 e. The third-order valence-electron chi connectivity index (χ3n) is 3.07. The van der Waals surface area contributed by atoms with Gasteiger partial charge in [0.25, 0.3) is 0 Å². The first-order valence-electron chi connectivity index (χ1n) is 4.55. The Morgan fingerprint density at radius 3 is 2.91 bits per heavy atom. The highest BCUT2D eigenvalue weighted by Gasteiger charge is 2.41. The van der Waals surface area contributed by atoms with Crippen molar-refractivity contribution >= 4 is 22.6 Å². The van der Waals surface area contributed by atoms with Gasteiger partial charge in [-0.1, -0.05) is 22.6 Å². The molecule has 0 radical (unpaired) electrons. The zero-order chi connectivity index (χ0) is 7.73. The Balaban J connectivity index is 1.96. The maximum absolute atomic E-state index is 5.83. The predicted molar refractivity (Wildman–Crippen MR) is 54.1 cm³/mol. The highest BCUT2D eigenvalue weighted by molar-refractivity contribution is 14.1. The lowest BCUT2D eigenvalue weighted by Gasteiger charge is -2.21. The Morgan fingerprint density at radius 2 is 2.36 bits per heavy atom. The van der Waals surface area contributed by atoms with E-state index in [0.29, 0.717) is 5.60 Å². The summed E-state index contributed by atoms with van der Waals surface area (Å²) in [5.41, 5.74) is 0.357. The molecular weight excluding hydrogens is 251 g/mol. The van der Waals surface area contributed by atoms with Gasteiger partial charge >= 0.3 is 0 Å². The minimum absolute atomic E-state index is 0.357. The summed E-state index contributed by atoms with van der Waals surface area (Å²) in [6.07, 6.45) is 6.72. The van der Waals surface area contributed by atoms with Crippen molar-refractivity contribution in [2.45, 2.75) is 37.7 Å². The summed E-state index contributed by atoms with van der Waals surface area (Å²) in [5.74, 6) is 0.952. The molecule has 2 rings (SSSR count). The zero-order valence-corrected chi connectivity index (χ0v) is 8.97. The zero-order valence-electron chi connectivity index (χ0n) is 6.81. The molecule has 11 heavy (non-hydrogen) atoms. The molecule has 0 bridgehead atoms. The van der Waals surface area contributed by atoms with Crippen molar-refractivity contribution in [1.29, 1.82) is 0 Å². The summed E-state index contributed by atoms with van der Waals surface area (Å²) in [5, 5.41) is 0. The van der Waals surface area contributed by atoms with Crippen molar-refractivity contribution < 1.29 is 4.74 Å². The maximum Gasteiger partial charge on any atom is 0.0686 e. The van der Waals surface area contributed by atoms with Crippen molar-refractivity contribution in [3.05, 3.63) is 0 Å². The SMILES string of the molecule is ICC1CCC2(CCCO2)C1. The summed E-state index contributed by atoms with van der Waals surface area (Å²) >= 11 is 2.50. The summed E-state index contributed by atoms with van der Waals surface area (Å²) in [4.78, 5) is 0. The van der Waals surface area contributed by atoms with Gasteiger partial charge in [-0.15, -0.1) is 0 Å². The van der Waals surface area contributed by atoms with Gasteiger partial charge in [0, 0.05) is 11.0 Å². The topological polar surface area (TPSA) is 9.23 Å². The summed E-state index contributed by atoms with van der Waals surface area (Å²) < 4.78 is 7.15. The second-order valence-corrected chi connectivity index (χ2v) is 4.78. The number of ether oxygens (including phenoxy) is 1. The number of halogens is 1. The molecule has 1 saturated carbocycles. The van der Waals surface area contributed by atoms with Gasteiger partial charge in [-0.25, -0.2) is 0 Å². The Hall–Kier alpha value is 0.690. The van der Waals surface area contributed by atoms with E-state index in [-0.39, 0.29) is 0 Å². The van der Waals surface area contributed by atoms with E-state index in [9.17, 15) is 0 Å². The number of alkyl halides is 1. The highest BCUT2D eigenvalue weighted by atomic mass is 127. The summed E-state index contributed by atoms with van der Waals surface area (Å²) in [7, 11) is 0. The molecule has 2 atom stereocenters. The Kier molecular flexibility index (Phi) is 2.42. The van der Waals surface area contributed by atoms with Gasteiger partial charge in [0.1, 0.15) is 0 Å². The number of hydrogen-bond acceptors (Lipinski definition) is 1.